The number of hydrogen-bond donors (Lipinski definition) is 0. The summed E-state index contributed by atoms with van der Waals surface area (Å²) in [6, 6.07) is 1.03. The molecule has 1 rings (SSSR count). The number of carbonyl (C=O) groups excluding carboxylic acids is 2. The molecule has 102 valence electrons. The van der Waals surface area contributed by atoms with Crippen molar-refractivity contribution in [3.8, 4) is 0 Å². The zero-order chi connectivity index (χ0) is 14.8. The molecule has 0 unspecified atom stereocenters. The number of halogens is 4. The van der Waals surface area contributed by atoms with E-state index < -0.39 is 45.1 Å². The van der Waals surface area contributed by atoms with Crippen LogP contribution in [0.3, 0.4) is 0 Å². The Balaban J connectivity index is 3.75. The second-order valence-electron chi connectivity index (χ2n) is 3.39. The predicted molar refractivity (Wildman–Crippen MR) is 58.5 cm³/mol. The minimum atomic E-state index is -5.07. The van der Waals surface area contributed by atoms with Crippen molar-refractivity contribution in [2.75, 3.05) is 5.88 Å². The molecule has 1 aromatic rings. The molecule has 0 aliphatic heterocycles. The van der Waals surface area contributed by atoms with E-state index >= 15 is 0 Å². The number of Topliss-reactive ketones (excluding diaryl/α,β-unsaturated/α-hetero) is 1. The van der Waals surface area contributed by atoms with Crippen molar-refractivity contribution in [3.05, 3.63) is 38.9 Å². The average Bonchev–Trinajstić information content (AvgIpc) is 2.34. The number of hydrogen-bond acceptors (Lipinski definition) is 4. The lowest BCUT2D eigenvalue weighted by Crippen LogP contribution is -2.15. The standard InChI is InChI=1S/C10H5ClF3NO4/c11-3-8(17)6-1-5(4-16)2-7(10(12,13)14)9(6)15(18)19/h1-2,4H,3H2. The molecule has 1 aromatic carbocycles. The Kier molecular flexibility index (Phi) is 4.25. The van der Waals surface area contributed by atoms with Gasteiger partial charge in [0.2, 0.25) is 0 Å². The lowest BCUT2D eigenvalue weighted by atomic mass is 10.0. The molecule has 0 fully saturated rings. The molecule has 0 aliphatic rings. The quantitative estimate of drug-likeness (QED) is 0.281. The minimum Gasteiger partial charge on any atom is -0.298 e. The minimum absolute atomic E-state index is 0.0595. The van der Waals surface area contributed by atoms with E-state index in [-0.39, 0.29) is 6.29 Å². The van der Waals surface area contributed by atoms with E-state index in [1.807, 2.05) is 0 Å². The predicted octanol–water partition coefficient (Wildman–Crippen LogP) is 2.85. The van der Waals surface area contributed by atoms with Crippen LogP contribution < -0.4 is 0 Å². The third-order valence-corrected chi connectivity index (χ3v) is 2.42. The number of nitrogens with zero attached hydrogens (tertiary/aromatic N) is 1. The van der Waals surface area contributed by atoms with Crippen LogP contribution in [0.25, 0.3) is 0 Å². The first-order valence-corrected chi connectivity index (χ1v) is 5.19. The highest BCUT2D eigenvalue weighted by Crippen LogP contribution is 2.38. The molecule has 0 bridgehead atoms. The van der Waals surface area contributed by atoms with Gasteiger partial charge < -0.3 is 0 Å². The summed E-state index contributed by atoms with van der Waals surface area (Å²) < 4.78 is 38.1. The Bertz CT molecular complexity index is 556. The number of nitro benzene ring substituents is 1. The van der Waals surface area contributed by atoms with Crippen LogP contribution in [-0.2, 0) is 6.18 Å². The van der Waals surface area contributed by atoms with Crippen LogP contribution >= 0.6 is 11.6 Å². The molecule has 5 nitrogen and oxygen atoms in total. The second kappa shape index (κ2) is 5.35. The Morgan fingerprint density at radius 3 is 2.37 bits per heavy atom. The zero-order valence-electron chi connectivity index (χ0n) is 9.03. The highest BCUT2D eigenvalue weighted by atomic mass is 35.5. The average molecular weight is 296 g/mol. The van der Waals surface area contributed by atoms with Crippen molar-refractivity contribution in [2.45, 2.75) is 6.18 Å². The van der Waals surface area contributed by atoms with Gasteiger partial charge >= 0.3 is 6.18 Å². The Hall–Kier alpha value is -1.96. The first kappa shape index (κ1) is 15.1. The van der Waals surface area contributed by atoms with Crippen molar-refractivity contribution in [3.63, 3.8) is 0 Å². The molecule has 0 aromatic heterocycles. The van der Waals surface area contributed by atoms with E-state index in [1.54, 1.807) is 0 Å². The number of rotatable bonds is 4. The van der Waals surface area contributed by atoms with Crippen molar-refractivity contribution < 1.29 is 27.7 Å². The monoisotopic (exact) mass is 295 g/mol. The van der Waals surface area contributed by atoms with Gasteiger partial charge in [0.05, 0.1) is 16.4 Å². The van der Waals surface area contributed by atoms with Crippen LogP contribution in [0.15, 0.2) is 12.1 Å². The number of ketones is 1. The topological polar surface area (TPSA) is 77.3 Å². The molecule has 19 heavy (non-hydrogen) atoms. The summed E-state index contributed by atoms with van der Waals surface area (Å²) in [5, 5.41) is 10.7. The maximum absolute atomic E-state index is 12.7. The molecule has 0 amide bonds. The van der Waals surface area contributed by atoms with Gasteiger partial charge in [0, 0.05) is 5.56 Å². The van der Waals surface area contributed by atoms with Crippen molar-refractivity contribution >= 4 is 29.4 Å². The van der Waals surface area contributed by atoms with E-state index in [0.717, 1.165) is 0 Å². The number of nitro groups is 1. The van der Waals surface area contributed by atoms with Crippen LogP contribution in [0.1, 0.15) is 26.3 Å². The number of aldehydes is 1. The van der Waals surface area contributed by atoms with Crippen molar-refractivity contribution in [2.24, 2.45) is 0 Å². The first-order chi connectivity index (χ1) is 8.72. The van der Waals surface area contributed by atoms with Gasteiger partial charge in [-0.2, -0.15) is 13.2 Å². The summed E-state index contributed by atoms with van der Waals surface area (Å²) in [6.45, 7) is 0. The fourth-order valence-corrected chi connectivity index (χ4v) is 1.57. The third-order valence-electron chi connectivity index (χ3n) is 2.18. The van der Waals surface area contributed by atoms with Crippen LogP contribution in [0, 0.1) is 10.1 Å². The molecule has 0 saturated carbocycles. The lowest BCUT2D eigenvalue weighted by Gasteiger charge is -2.10. The van der Waals surface area contributed by atoms with Gasteiger partial charge in [-0.15, -0.1) is 11.6 Å². The molecule has 0 aliphatic carbocycles. The molecule has 0 saturated heterocycles. The fourth-order valence-electron chi connectivity index (χ4n) is 1.42. The SMILES string of the molecule is O=Cc1cc(C(=O)CCl)c([N+](=O)[O-])c(C(F)(F)F)c1. The van der Waals surface area contributed by atoms with Gasteiger partial charge in [-0.05, 0) is 12.1 Å². The Labute approximate surface area is 109 Å². The molecule has 0 spiro atoms. The molecule has 9 heteroatoms. The van der Waals surface area contributed by atoms with E-state index in [2.05, 4.69) is 0 Å². The van der Waals surface area contributed by atoms with Gasteiger partial charge in [0.1, 0.15) is 11.8 Å². The normalized spacial score (nSPS) is 11.2. The summed E-state index contributed by atoms with van der Waals surface area (Å²) in [7, 11) is 0. The van der Waals surface area contributed by atoms with Gasteiger partial charge in [-0.3, -0.25) is 19.7 Å². The summed E-state index contributed by atoms with van der Waals surface area (Å²) in [5.41, 5.74) is -4.39. The summed E-state index contributed by atoms with van der Waals surface area (Å²) in [6.07, 6.45) is -5.01. The van der Waals surface area contributed by atoms with E-state index in [4.69, 9.17) is 11.6 Å². The lowest BCUT2D eigenvalue weighted by molar-refractivity contribution is -0.388. The molecular weight excluding hydrogens is 291 g/mol. The van der Waals surface area contributed by atoms with Crippen LogP contribution in [0.2, 0.25) is 0 Å². The smallest absolute Gasteiger partial charge is 0.298 e. The fraction of sp³-hybridized carbons (Fsp3) is 0.200. The van der Waals surface area contributed by atoms with Crippen molar-refractivity contribution in [1.29, 1.82) is 0 Å². The molecule has 0 atom stereocenters. The second-order valence-corrected chi connectivity index (χ2v) is 3.66. The van der Waals surface area contributed by atoms with Crippen LogP contribution in [0.4, 0.5) is 18.9 Å². The van der Waals surface area contributed by atoms with Gasteiger partial charge in [0.25, 0.3) is 5.69 Å². The summed E-state index contributed by atoms with van der Waals surface area (Å²) in [5.74, 6) is -1.80. The Morgan fingerprint density at radius 2 is 2.00 bits per heavy atom. The summed E-state index contributed by atoms with van der Waals surface area (Å²) in [4.78, 5) is 31.3. The highest BCUT2D eigenvalue weighted by Gasteiger charge is 2.41. The summed E-state index contributed by atoms with van der Waals surface area (Å²) >= 11 is 5.18. The van der Waals surface area contributed by atoms with Gasteiger partial charge in [-0.25, -0.2) is 0 Å². The number of carbonyl (C=O) groups is 2. The van der Waals surface area contributed by atoms with Gasteiger partial charge in [-0.1, -0.05) is 0 Å². The number of alkyl halides is 4. The molecular formula is C10H5ClF3NO4. The highest BCUT2D eigenvalue weighted by molar-refractivity contribution is 6.31. The van der Waals surface area contributed by atoms with Crippen LogP contribution in [-0.4, -0.2) is 22.9 Å². The maximum atomic E-state index is 12.7. The van der Waals surface area contributed by atoms with E-state index in [9.17, 15) is 32.9 Å². The molecule has 0 heterocycles. The van der Waals surface area contributed by atoms with E-state index in [1.165, 1.54) is 0 Å². The zero-order valence-corrected chi connectivity index (χ0v) is 9.79. The van der Waals surface area contributed by atoms with E-state index in [0.29, 0.717) is 12.1 Å². The third kappa shape index (κ3) is 3.08. The molecule has 0 N–H and O–H groups in total. The maximum Gasteiger partial charge on any atom is 0.423 e. The van der Waals surface area contributed by atoms with Gasteiger partial charge in [0.15, 0.2) is 5.78 Å². The number of benzene rings is 1. The van der Waals surface area contributed by atoms with Crippen molar-refractivity contribution in [1.82, 2.24) is 0 Å². The Morgan fingerprint density at radius 1 is 1.42 bits per heavy atom. The first-order valence-electron chi connectivity index (χ1n) is 4.66. The van der Waals surface area contributed by atoms with Crippen LogP contribution in [0.5, 0.6) is 0 Å². The largest absolute Gasteiger partial charge is 0.423 e. The molecule has 0 radical (unpaired) electrons.